The van der Waals surface area contributed by atoms with E-state index in [1.54, 1.807) is 19.0 Å². The second-order valence-corrected chi connectivity index (χ2v) is 5.66. The quantitative estimate of drug-likeness (QED) is 0.801. The van der Waals surface area contributed by atoms with E-state index in [0.717, 1.165) is 18.5 Å². The number of hydrogen-bond donors (Lipinski definition) is 1. The van der Waals surface area contributed by atoms with Crippen molar-refractivity contribution in [3.05, 3.63) is 28.8 Å². The lowest BCUT2D eigenvalue weighted by Gasteiger charge is -2.16. The summed E-state index contributed by atoms with van der Waals surface area (Å²) < 4.78 is 5.57. The molecule has 0 aliphatic rings. The van der Waals surface area contributed by atoms with Crippen LogP contribution in [0.25, 0.3) is 0 Å². The van der Waals surface area contributed by atoms with Gasteiger partial charge in [0, 0.05) is 20.1 Å². The number of nitrogens with one attached hydrogen (secondary N) is 1. The molecule has 1 amide bonds. The molecule has 0 saturated heterocycles. The Bertz CT molecular complexity index is 464. The van der Waals surface area contributed by atoms with Crippen LogP contribution >= 0.6 is 11.6 Å². The molecular formula is C16H25ClN2O2. The number of nitrogens with zero attached hydrogens (tertiary/aromatic N) is 1. The van der Waals surface area contributed by atoms with E-state index >= 15 is 0 Å². The molecule has 1 unspecified atom stereocenters. The van der Waals surface area contributed by atoms with Crippen LogP contribution < -0.4 is 10.1 Å². The molecule has 0 aliphatic heterocycles. The third kappa shape index (κ3) is 5.94. The van der Waals surface area contributed by atoms with E-state index in [2.05, 4.69) is 19.2 Å². The van der Waals surface area contributed by atoms with Crippen molar-refractivity contribution in [2.24, 2.45) is 0 Å². The Hall–Kier alpha value is -1.26. The third-order valence-electron chi connectivity index (χ3n) is 3.23. The fourth-order valence-electron chi connectivity index (χ4n) is 1.85. The van der Waals surface area contributed by atoms with Crippen molar-refractivity contribution < 1.29 is 9.53 Å². The predicted octanol–water partition coefficient (Wildman–Crippen LogP) is 3.26. The zero-order chi connectivity index (χ0) is 15.8. The Balaban J connectivity index is 2.56. The fourth-order valence-corrected chi connectivity index (χ4v) is 2.10. The normalized spacial score (nSPS) is 12.0. The van der Waals surface area contributed by atoms with Gasteiger partial charge in [-0.1, -0.05) is 24.6 Å². The molecule has 118 valence electrons. The molecule has 21 heavy (non-hydrogen) atoms. The van der Waals surface area contributed by atoms with Crippen molar-refractivity contribution in [3.63, 3.8) is 0 Å². The lowest BCUT2D eigenvalue weighted by Crippen LogP contribution is -2.23. The molecule has 0 radical (unpaired) electrons. The molecule has 0 bridgehead atoms. The average Bonchev–Trinajstić information content (AvgIpc) is 2.45. The van der Waals surface area contributed by atoms with Gasteiger partial charge in [0.05, 0.1) is 18.1 Å². The van der Waals surface area contributed by atoms with E-state index in [0.29, 0.717) is 23.8 Å². The molecule has 5 heteroatoms. The molecule has 4 nitrogen and oxygen atoms in total. The van der Waals surface area contributed by atoms with E-state index < -0.39 is 0 Å². The maximum atomic E-state index is 11.5. The first-order valence-electron chi connectivity index (χ1n) is 7.31. The van der Waals surface area contributed by atoms with Crippen LogP contribution in [-0.4, -0.2) is 38.1 Å². The van der Waals surface area contributed by atoms with Gasteiger partial charge in [-0.15, -0.1) is 0 Å². The number of hydrogen-bond acceptors (Lipinski definition) is 3. The van der Waals surface area contributed by atoms with Crippen LogP contribution in [0, 0.1) is 0 Å². The van der Waals surface area contributed by atoms with Crippen LogP contribution in [0.15, 0.2) is 18.2 Å². The Morgan fingerprint density at radius 1 is 1.43 bits per heavy atom. The van der Waals surface area contributed by atoms with Gasteiger partial charge in [0.2, 0.25) is 5.91 Å². The zero-order valence-corrected chi connectivity index (χ0v) is 14.0. The first kappa shape index (κ1) is 17.8. The smallest absolute Gasteiger partial charge is 0.225 e. The van der Waals surface area contributed by atoms with Gasteiger partial charge in [-0.2, -0.15) is 0 Å². The summed E-state index contributed by atoms with van der Waals surface area (Å²) >= 11 is 6.24. The lowest BCUT2D eigenvalue weighted by atomic mass is 10.1. The minimum Gasteiger partial charge on any atom is -0.491 e. The summed E-state index contributed by atoms with van der Waals surface area (Å²) in [6, 6.07) is 6.04. The van der Waals surface area contributed by atoms with Gasteiger partial charge < -0.3 is 15.0 Å². The SMILES string of the molecule is CCCNC(C)c1ccc(OCCC(=O)N(C)C)c(Cl)c1. The van der Waals surface area contributed by atoms with Crippen molar-refractivity contribution in [3.8, 4) is 5.75 Å². The lowest BCUT2D eigenvalue weighted by molar-refractivity contribution is -0.129. The number of carbonyl (C=O) groups is 1. The van der Waals surface area contributed by atoms with Crippen LogP contribution in [0.2, 0.25) is 5.02 Å². The summed E-state index contributed by atoms with van der Waals surface area (Å²) in [5, 5.41) is 3.99. The summed E-state index contributed by atoms with van der Waals surface area (Å²) in [4.78, 5) is 13.0. The van der Waals surface area contributed by atoms with Crippen molar-refractivity contribution >= 4 is 17.5 Å². The maximum absolute atomic E-state index is 11.5. The molecule has 1 aromatic rings. The highest BCUT2D eigenvalue weighted by Gasteiger charge is 2.09. The molecule has 1 rings (SSSR count). The number of amides is 1. The van der Waals surface area contributed by atoms with Crippen molar-refractivity contribution in [2.45, 2.75) is 32.7 Å². The first-order chi connectivity index (χ1) is 9.95. The molecule has 0 heterocycles. The van der Waals surface area contributed by atoms with Crippen molar-refractivity contribution in [1.29, 1.82) is 0 Å². The fraction of sp³-hybridized carbons (Fsp3) is 0.562. The highest BCUT2D eigenvalue weighted by molar-refractivity contribution is 6.32. The Labute approximate surface area is 132 Å². The number of benzene rings is 1. The van der Waals surface area contributed by atoms with Gasteiger partial charge >= 0.3 is 0 Å². The second-order valence-electron chi connectivity index (χ2n) is 5.25. The zero-order valence-electron chi connectivity index (χ0n) is 13.3. The van der Waals surface area contributed by atoms with Gasteiger partial charge in [-0.3, -0.25) is 4.79 Å². The summed E-state index contributed by atoms with van der Waals surface area (Å²) in [5.41, 5.74) is 1.13. The standard InChI is InChI=1S/C16H25ClN2O2/c1-5-9-18-12(2)13-6-7-15(14(17)11-13)21-10-8-16(20)19(3)4/h6-7,11-12,18H,5,8-10H2,1-4H3. The molecule has 0 fully saturated rings. The molecule has 0 saturated carbocycles. The van der Waals surface area contributed by atoms with Gasteiger partial charge in [0.25, 0.3) is 0 Å². The van der Waals surface area contributed by atoms with Crippen LogP contribution in [0.4, 0.5) is 0 Å². The van der Waals surface area contributed by atoms with Gasteiger partial charge in [0.1, 0.15) is 5.75 Å². The van der Waals surface area contributed by atoms with E-state index in [1.165, 1.54) is 0 Å². The van der Waals surface area contributed by atoms with Crippen LogP contribution in [0.1, 0.15) is 38.3 Å². The average molecular weight is 313 g/mol. The van der Waals surface area contributed by atoms with E-state index in [-0.39, 0.29) is 11.9 Å². The predicted molar refractivity (Wildman–Crippen MR) is 87.0 cm³/mol. The van der Waals surface area contributed by atoms with E-state index in [1.807, 2.05) is 18.2 Å². The molecule has 1 atom stereocenters. The monoisotopic (exact) mass is 312 g/mol. The second kappa shape index (κ2) is 8.90. The highest BCUT2D eigenvalue weighted by atomic mass is 35.5. The van der Waals surface area contributed by atoms with Crippen LogP contribution in [0.3, 0.4) is 0 Å². The summed E-state index contributed by atoms with van der Waals surface area (Å²) in [7, 11) is 3.46. The first-order valence-corrected chi connectivity index (χ1v) is 7.69. The topological polar surface area (TPSA) is 41.6 Å². The van der Waals surface area contributed by atoms with Crippen LogP contribution in [0.5, 0.6) is 5.75 Å². The summed E-state index contributed by atoms with van der Waals surface area (Å²) in [6.07, 6.45) is 1.44. The minimum absolute atomic E-state index is 0.0418. The molecular weight excluding hydrogens is 288 g/mol. The molecule has 0 spiro atoms. The molecule has 0 aromatic heterocycles. The van der Waals surface area contributed by atoms with Gasteiger partial charge in [-0.25, -0.2) is 0 Å². The molecule has 1 N–H and O–H groups in total. The Morgan fingerprint density at radius 2 is 2.14 bits per heavy atom. The maximum Gasteiger partial charge on any atom is 0.225 e. The largest absolute Gasteiger partial charge is 0.491 e. The number of halogens is 1. The van der Waals surface area contributed by atoms with E-state index in [4.69, 9.17) is 16.3 Å². The Morgan fingerprint density at radius 3 is 2.71 bits per heavy atom. The minimum atomic E-state index is 0.0418. The summed E-state index contributed by atoms with van der Waals surface area (Å²) in [5.74, 6) is 0.662. The van der Waals surface area contributed by atoms with Gasteiger partial charge in [-0.05, 0) is 37.6 Å². The Kier molecular flexibility index (Phi) is 7.54. The van der Waals surface area contributed by atoms with Crippen LogP contribution in [-0.2, 0) is 4.79 Å². The number of rotatable bonds is 8. The number of carbonyl (C=O) groups excluding carboxylic acids is 1. The molecule has 0 aliphatic carbocycles. The molecule has 1 aromatic carbocycles. The number of ether oxygens (including phenoxy) is 1. The van der Waals surface area contributed by atoms with Gasteiger partial charge in [0.15, 0.2) is 0 Å². The summed E-state index contributed by atoms with van der Waals surface area (Å²) in [6.45, 7) is 5.56. The van der Waals surface area contributed by atoms with Crippen molar-refractivity contribution in [2.75, 3.05) is 27.2 Å². The van der Waals surface area contributed by atoms with E-state index in [9.17, 15) is 4.79 Å². The third-order valence-corrected chi connectivity index (χ3v) is 3.52. The van der Waals surface area contributed by atoms with Crippen molar-refractivity contribution in [1.82, 2.24) is 10.2 Å². The highest BCUT2D eigenvalue weighted by Crippen LogP contribution is 2.28.